The molecule has 1 N–H and O–H groups in total. The van der Waals surface area contributed by atoms with Gasteiger partial charge in [-0.25, -0.2) is 4.98 Å². The lowest BCUT2D eigenvalue weighted by Crippen LogP contribution is -2.22. The fraction of sp³-hybridized carbons (Fsp3) is 0.0800. The van der Waals surface area contributed by atoms with Crippen LogP contribution in [0, 0.1) is 13.8 Å². The van der Waals surface area contributed by atoms with E-state index in [2.05, 4.69) is 5.32 Å². The van der Waals surface area contributed by atoms with E-state index in [4.69, 9.17) is 4.98 Å². The number of hydrogen-bond acceptors (Lipinski definition) is 3. The Morgan fingerprint density at radius 1 is 0.900 bits per heavy atom. The van der Waals surface area contributed by atoms with Gasteiger partial charge >= 0.3 is 0 Å². The van der Waals surface area contributed by atoms with Crippen molar-refractivity contribution < 1.29 is 4.79 Å². The number of rotatable bonds is 2. The van der Waals surface area contributed by atoms with Crippen molar-refractivity contribution in [3.05, 3.63) is 99.6 Å². The molecule has 146 valence electrons. The molecular formula is C25H19N3O2. The first-order valence-corrected chi connectivity index (χ1v) is 9.74. The van der Waals surface area contributed by atoms with E-state index in [1.807, 2.05) is 74.5 Å². The minimum absolute atomic E-state index is 0.167. The number of carbonyl (C=O) groups excluding carboxylic acids is 1. The van der Waals surface area contributed by atoms with E-state index < -0.39 is 0 Å². The van der Waals surface area contributed by atoms with Gasteiger partial charge in [-0.05, 0) is 56.3 Å². The van der Waals surface area contributed by atoms with Gasteiger partial charge in [0.25, 0.3) is 11.5 Å². The number of fused-ring (bicyclic) bond motifs is 2. The van der Waals surface area contributed by atoms with Crippen molar-refractivity contribution in [2.24, 2.45) is 0 Å². The molecule has 0 bridgehead atoms. The molecule has 0 spiro atoms. The Morgan fingerprint density at radius 2 is 1.63 bits per heavy atom. The lowest BCUT2D eigenvalue weighted by molar-refractivity contribution is -0.110. The Labute approximate surface area is 173 Å². The number of benzene rings is 3. The quantitative estimate of drug-likeness (QED) is 0.510. The molecule has 5 heteroatoms. The SMILES string of the molecule is Cc1ccc(-n2c(/C=C3/C(=O)Nc4ccc(C)cc43)nc3ccccc3c2=O)cc1. The summed E-state index contributed by atoms with van der Waals surface area (Å²) in [6, 6.07) is 20.8. The van der Waals surface area contributed by atoms with E-state index in [9.17, 15) is 9.59 Å². The van der Waals surface area contributed by atoms with Gasteiger partial charge in [0.15, 0.2) is 0 Å². The van der Waals surface area contributed by atoms with Crippen LogP contribution >= 0.6 is 0 Å². The summed E-state index contributed by atoms with van der Waals surface area (Å²) in [5, 5.41) is 3.43. The van der Waals surface area contributed by atoms with Crippen molar-refractivity contribution in [1.82, 2.24) is 9.55 Å². The van der Waals surface area contributed by atoms with Crippen LogP contribution in [-0.4, -0.2) is 15.5 Å². The number of nitrogens with one attached hydrogen (secondary N) is 1. The molecule has 0 saturated heterocycles. The topological polar surface area (TPSA) is 64.0 Å². The highest BCUT2D eigenvalue weighted by atomic mass is 16.2. The van der Waals surface area contributed by atoms with Crippen LogP contribution in [0.4, 0.5) is 5.69 Å². The van der Waals surface area contributed by atoms with Crippen LogP contribution in [0.25, 0.3) is 28.2 Å². The van der Waals surface area contributed by atoms with E-state index in [0.717, 1.165) is 22.4 Å². The molecule has 0 aliphatic carbocycles. The average molecular weight is 393 g/mol. The zero-order valence-corrected chi connectivity index (χ0v) is 16.6. The van der Waals surface area contributed by atoms with Crippen LogP contribution in [0.5, 0.6) is 0 Å². The van der Waals surface area contributed by atoms with Gasteiger partial charge in [-0.15, -0.1) is 0 Å². The molecule has 3 aromatic carbocycles. The third-order valence-corrected chi connectivity index (χ3v) is 5.33. The van der Waals surface area contributed by atoms with E-state index in [1.165, 1.54) is 0 Å². The van der Waals surface area contributed by atoms with Crippen LogP contribution < -0.4 is 10.9 Å². The number of carbonyl (C=O) groups is 1. The van der Waals surface area contributed by atoms with Gasteiger partial charge in [-0.3, -0.25) is 14.2 Å². The minimum atomic E-state index is -0.200. The summed E-state index contributed by atoms with van der Waals surface area (Å²) in [7, 11) is 0. The minimum Gasteiger partial charge on any atom is -0.321 e. The molecule has 5 rings (SSSR count). The molecule has 4 aromatic rings. The molecular weight excluding hydrogens is 374 g/mol. The lowest BCUT2D eigenvalue weighted by Gasteiger charge is -2.12. The first-order chi connectivity index (χ1) is 14.5. The maximum atomic E-state index is 13.4. The molecule has 0 atom stereocenters. The number of anilines is 1. The van der Waals surface area contributed by atoms with Gasteiger partial charge in [0, 0.05) is 11.3 Å². The molecule has 30 heavy (non-hydrogen) atoms. The van der Waals surface area contributed by atoms with E-state index in [0.29, 0.717) is 28.0 Å². The maximum Gasteiger partial charge on any atom is 0.266 e. The maximum absolute atomic E-state index is 13.4. The monoisotopic (exact) mass is 393 g/mol. The van der Waals surface area contributed by atoms with Crippen molar-refractivity contribution in [2.75, 3.05) is 5.32 Å². The summed E-state index contributed by atoms with van der Waals surface area (Å²) in [6.07, 6.45) is 1.70. The summed E-state index contributed by atoms with van der Waals surface area (Å²) < 4.78 is 1.57. The largest absolute Gasteiger partial charge is 0.321 e. The van der Waals surface area contributed by atoms with Crippen molar-refractivity contribution in [3.8, 4) is 5.69 Å². The number of aromatic nitrogens is 2. The molecule has 0 radical (unpaired) electrons. The Balaban J connectivity index is 1.81. The van der Waals surface area contributed by atoms with Crippen molar-refractivity contribution in [3.63, 3.8) is 0 Å². The molecule has 1 aromatic heterocycles. The zero-order chi connectivity index (χ0) is 20.8. The standard InChI is InChI=1S/C25H19N3O2/c1-15-7-10-17(11-8-15)28-23(26-21-6-4-3-5-18(21)25(28)30)14-20-19-13-16(2)9-12-22(19)27-24(20)29/h3-14H,1-2H3,(H,27,29)/b20-14+. The Hall–Kier alpha value is -3.99. The predicted octanol–water partition coefficient (Wildman–Crippen LogP) is 4.50. The lowest BCUT2D eigenvalue weighted by atomic mass is 10.0. The molecule has 0 unspecified atom stereocenters. The first-order valence-electron chi connectivity index (χ1n) is 9.74. The molecule has 0 saturated carbocycles. The Bertz CT molecular complexity index is 1410. The third-order valence-electron chi connectivity index (χ3n) is 5.33. The number of nitrogens with zero attached hydrogens (tertiary/aromatic N) is 2. The highest BCUT2D eigenvalue weighted by Gasteiger charge is 2.25. The second kappa shape index (κ2) is 6.81. The van der Waals surface area contributed by atoms with Crippen LogP contribution in [0.2, 0.25) is 0 Å². The van der Waals surface area contributed by atoms with E-state index >= 15 is 0 Å². The van der Waals surface area contributed by atoms with Crippen molar-refractivity contribution in [2.45, 2.75) is 13.8 Å². The molecule has 5 nitrogen and oxygen atoms in total. The van der Waals surface area contributed by atoms with Gasteiger partial charge in [0.1, 0.15) is 5.82 Å². The van der Waals surface area contributed by atoms with Gasteiger partial charge in [0.05, 0.1) is 22.2 Å². The van der Waals surface area contributed by atoms with Crippen LogP contribution in [0.3, 0.4) is 0 Å². The second-order valence-corrected chi connectivity index (χ2v) is 7.52. The smallest absolute Gasteiger partial charge is 0.266 e. The van der Waals surface area contributed by atoms with Gasteiger partial charge < -0.3 is 5.32 Å². The van der Waals surface area contributed by atoms with Crippen molar-refractivity contribution >= 4 is 34.1 Å². The van der Waals surface area contributed by atoms with E-state index in [-0.39, 0.29) is 11.5 Å². The van der Waals surface area contributed by atoms with Crippen molar-refractivity contribution in [1.29, 1.82) is 0 Å². The number of para-hydroxylation sites is 1. The fourth-order valence-electron chi connectivity index (χ4n) is 3.76. The Kier molecular flexibility index (Phi) is 4.10. The highest BCUT2D eigenvalue weighted by molar-refractivity contribution is 6.34. The van der Waals surface area contributed by atoms with Gasteiger partial charge in [-0.2, -0.15) is 0 Å². The molecule has 1 aliphatic heterocycles. The average Bonchev–Trinajstić information content (AvgIpc) is 3.04. The van der Waals surface area contributed by atoms with E-state index in [1.54, 1.807) is 16.7 Å². The Morgan fingerprint density at radius 3 is 2.43 bits per heavy atom. The molecule has 0 fully saturated rings. The molecule has 1 amide bonds. The summed E-state index contributed by atoms with van der Waals surface area (Å²) in [5.74, 6) is 0.218. The highest BCUT2D eigenvalue weighted by Crippen LogP contribution is 2.33. The van der Waals surface area contributed by atoms with Crippen LogP contribution in [0.1, 0.15) is 22.5 Å². The molecule has 1 aliphatic rings. The number of hydrogen-bond donors (Lipinski definition) is 1. The number of aryl methyl sites for hydroxylation is 2. The summed E-state index contributed by atoms with van der Waals surface area (Å²) in [4.78, 5) is 30.8. The summed E-state index contributed by atoms with van der Waals surface area (Å²) in [5.41, 5.74) is 5.37. The van der Waals surface area contributed by atoms with Gasteiger partial charge in [0.2, 0.25) is 0 Å². The second-order valence-electron chi connectivity index (χ2n) is 7.52. The zero-order valence-electron chi connectivity index (χ0n) is 16.6. The first kappa shape index (κ1) is 18.1. The van der Waals surface area contributed by atoms with Gasteiger partial charge in [-0.1, -0.05) is 41.5 Å². The normalized spacial score (nSPS) is 14.2. The fourth-order valence-corrected chi connectivity index (χ4v) is 3.76. The third kappa shape index (κ3) is 2.92. The van der Waals surface area contributed by atoms with Crippen LogP contribution in [0.15, 0.2) is 71.5 Å². The predicted molar refractivity (Wildman–Crippen MR) is 120 cm³/mol. The molecule has 2 heterocycles. The summed E-state index contributed by atoms with van der Waals surface area (Å²) in [6.45, 7) is 3.98. The number of amides is 1. The van der Waals surface area contributed by atoms with Crippen LogP contribution in [-0.2, 0) is 4.79 Å². The summed E-state index contributed by atoms with van der Waals surface area (Å²) >= 11 is 0.